The van der Waals surface area contributed by atoms with Crippen LogP contribution in [0.3, 0.4) is 0 Å². The van der Waals surface area contributed by atoms with Crippen LogP contribution in [0.5, 0.6) is 0 Å². The van der Waals surface area contributed by atoms with Crippen molar-refractivity contribution in [2.75, 3.05) is 21.7 Å². The van der Waals surface area contributed by atoms with Gasteiger partial charge in [-0.05, 0) is 61.0 Å². The van der Waals surface area contributed by atoms with Crippen LogP contribution in [0.1, 0.15) is 31.2 Å². The minimum Gasteiger partial charge on any atom is -0.322 e. The first-order valence-corrected chi connectivity index (χ1v) is 14.0. The largest absolute Gasteiger partial charge is 0.322 e. The van der Waals surface area contributed by atoms with Crippen LogP contribution in [0.15, 0.2) is 77.7 Å². The number of benzene rings is 3. The third-order valence-electron chi connectivity index (χ3n) is 5.39. The quantitative estimate of drug-likeness (QED) is 0.183. The standard InChI is InChI=1S/C28H20Cl2N4O3S2/c1-16-22(14-31)28(39-25(16)27(37)32-18-6-3-2-4-7-18)34-24(35)15-38-20-9-5-8-19(13-20)33-26(36)21-11-10-17(29)12-23(21)30/h2-13H,15H2,1H3,(H,32,37)(H,33,36)(H,34,35). The monoisotopic (exact) mass is 594 g/mol. The number of para-hydroxylation sites is 1. The van der Waals surface area contributed by atoms with Gasteiger partial charge in [0.1, 0.15) is 11.1 Å². The second-order valence-corrected chi connectivity index (χ2v) is 11.0. The normalized spacial score (nSPS) is 10.4. The van der Waals surface area contributed by atoms with Crippen molar-refractivity contribution in [1.29, 1.82) is 5.26 Å². The van der Waals surface area contributed by atoms with Gasteiger partial charge in [-0.3, -0.25) is 14.4 Å². The van der Waals surface area contributed by atoms with Gasteiger partial charge in [0.15, 0.2) is 0 Å². The van der Waals surface area contributed by atoms with Crippen LogP contribution >= 0.6 is 46.3 Å². The van der Waals surface area contributed by atoms with Gasteiger partial charge in [-0.2, -0.15) is 5.26 Å². The summed E-state index contributed by atoms with van der Waals surface area (Å²) in [7, 11) is 0. The number of thiophene rings is 1. The predicted octanol–water partition coefficient (Wildman–Crippen LogP) is 7.47. The van der Waals surface area contributed by atoms with E-state index in [1.807, 2.05) is 12.1 Å². The van der Waals surface area contributed by atoms with Crippen molar-refractivity contribution in [2.24, 2.45) is 0 Å². The van der Waals surface area contributed by atoms with E-state index in [1.165, 1.54) is 17.8 Å². The van der Waals surface area contributed by atoms with E-state index in [1.54, 1.807) is 61.5 Å². The summed E-state index contributed by atoms with van der Waals surface area (Å²) in [6, 6.07) is 22.7. The van der Waals surface area contributed by atoms with Crippen molar-refractivity contribution in [2.45, 2.75) is 11.8 Å². The van der Waals surface area contributed by atoms with Crippen molar-refractivity contribution < 1.29 is 14.4 Å². The van der Waals surface area contributed by atoms with Crippen LogP contribution in [-0.2, 0) is 4.79 Å². The zero-order chi connectivity index (χ0) is 27.9. The molecule has 0 aliphatic heterocycles. The lowest BCUT2D eigenvalue weighted by molar-refractivity contribution is -0.113. The number of nitrogens with one attached hydrogen (secondary N) is 3. The summed E-state index contributed by atoms with van der Waals surface area (Å²) in [6.07, 6.45) is 0. The number of carbonyl (C=O) groups is 3. The zero-order valence-electron chi connectivity index (χ0n) is 20.4. The van der Waals surface area contributed by atoms with Crippen LogP contribution < -0.4 is 16.0 Å². The van der Waals surface area contributed by atoms with Crippen LogP contribution in [-0.4, -0.2) is 23.5 Å². The Balaban J connectivity index is 1.38. The molecule has 0 saturated carbocycles. The lowest BCUT2D eigenvalue weighted by Crippen LogP contribution is -2.14. The Bertz CT molecular complexity index is 1600. The number of halogens is 2. The van der Waals surface area contributed by atoms with Crippen LogP contribution in [0.2, 0.25) is 10.0 Å². The average molecular weight is 596 g/mol. The Labute approximate surface area is 243 Å². The highest BCUT2D eigenvalue weighted by molar-refractivity contribution is 8.00. The van der Waals surface area contributed by atoms with Crippen molar-refractivity contribution in [3.63, 3.8) is 0 Å². The smallest absolute Gasteiger partial charge is 0.266 e. The molecular formula is C28H20Cl2N4O3S2. The minimum absolute atomic E-state index is 0.0494. The highest BCUT2D eigenvalue weighted by Gasteiger charge is 2.21. The number of amides is 3. The molecule has 0 fully saturated rings. The van der Waals surface area contributed by atoms with Crippen molar-refractivity contribution in [3.05, 3.63) is 104 Å². The van der Waals surface area contributed by atoms with E-state index >= 15 is 0 Å². The predicted molar refractivity (Wildman–Crippen MR) is 158 cm³/mol. The molecule has 0 unspecified atom stereocenters. The molecule has 11 heteroatoms. The number of rotatable bonds is 8. The summed E-state index contributed by atoms with van der Waals surface area (Å²) in [6.45, 7) is 1.68. The third-order valence-corrected chi connectivity index (χ3v) is 8.13. The Morgan fingerprint density at radius 1 is 0.897 bits per heavy atom. The molecule has 3 N–H and O–H groups in total. The molecule has 0 spiro atoms. The van der Waals surface area contributed by atoms with Gasteiger partial charge in [-0.1, -0.05) is 47.5 Å². The number of carbonyl (C=O) groups excluding carboxylic acids is 3. The molecule has 0 radical (unpaired) electrons. The molecule has 0 saturated heterocycles. The maximum Gasteiger partial charge on any atom is 0.266 e. The van der Waals surface area contributed by atoms with E-state index in [-0.39, 0.29) is 39.6 Å². The van der Waals surface area contributed by atoms with Gasteiger partial charge in [0.2, 0.25) is 5.91 Å². The summed E-state index contributed by atoms with van der Waals surface area (Å²) in [4.78, 5) is 39.2. The van der Waals surface area contributed by atoms with Gasteiger partial charge in [0, 0.05) is 21.3 Å². The molecular weight excluding hydrogens is 575 g/mol. The Morgan fingerprint density at radius 3 is 2.33 bits per heavy atom. The number of thioether (sulfide) groups is 1. The van der Waals surface area contributed by atoms with E-state index in [4.69, 9.17) is 23.2 Å². The molecule has 196 valence electrons. The second-order valence-electron chi connectivity index (χ2n) is 8.14. The summed E-state index contributed by atoms with van der Waals surface area (Å²) >= 11 is 14.3. The van der Waals surface area contributed by atoms with E-state index in [9.17, 15) is 19.6 Å². The number of hydrogen-bond acceptors (Lipinski definition) is 6. The van der Waals surface area contributed by atoms with Crippen LogP contribution in [0, 0.1) is 18.3 Å². The first-order valence-electron chi connectivity index (χ1n) is 11.4. The van der Waals surface area contributed by atoms with Crippen molar-refractivity contribution >= 4 is 80.4 Å². The lowest BCUT2D eigenvalue weighted by Gasteiger charge is -2.09. The molecule has 0 aliphatic rings. The van der Waals surface area contributed by atoms with E-state index in [0.29, 0.717) is 31.8 Å². The molecule has 0 aliphatic carbocycles. The molecule has 1 aromatic heterocycles. The number of hydrogen-bond donors (Lipinski definition) is 3. The molecule has 3 aromatic carbocycles. The fourth-order valence-corrected chi connectivity index (χ4v) is 5.83. The third kappa shape index (κ3) is 7.19. The number of nitrogens with zero attached hydrogens (tertiary/aromatic N) is 1. The molecule has 0 atom stereocenters. The molecule has 0 bridgehead atoms. The Kier molecular flexibility index (Phi) is 9.28. The van der Waals surface area contributed by atoms with Crippen LogP contribution in [0.4, 0.5) is 16.4 Å². The topological polar surface area (TPSA) is 111 Å². The maximum atomic E-state index is 12.8. The molecule has 1 heterocycles. The van der Waals surface area contributed by atoms with Gasteiger partial charge >= 0.3 is 0 Å². The summed E-state index contributed by atoms with van der Waals surface area (Å²) in [5, 5.41) is 19.0. The molecule has 4 aromatic rings. The Morgan fingerprint density at radius 2 is 1.62 bits per heavy atom. The molecule has 7 nitrogen and oxygen atoms in total. The van der Waals surface area contributed by atoms with E-state index < -0.39 is 0 Å². The van der Waals surface area contributed by atoms with E-state index in [0.717, 1.165) is 16.2 Å². The first kappa shape index (κ1) is 28.2. The van der Waals surface area contributed by atoms with Crippen molar-refractivity contribution in [1.82, 2.24) is 0 Å². The summed E-state index contributed by atoms with van der Waals surface area (Å²) in [5.74, 6) is -1.03. The van der Waals surface area contributed by atoms with Gasteiger partial charge < -0.3 is 16.0 Å². The summed E-state index contributed by atoms with van der Waals surface area (Å²) < 4.78 is 0. The van der Waals surface area contributed by atoms with E-state index in [2.05, 4.69) is 22.0 Å². The number of anilines is 3. The van der Waals surface area contributed by atoms with Gasteiger partial charge in [0.05, 0.1) is 26.8 Å². The molecule has 4 rings (SSSR count). The number of nitriles is 1. The second kappa shape index (κ2) is 12.8. The summed E-state index contributed by atoms with van der Waals surface area (Å²) in [5.41, 5.74) is 2.21. The SMILES string of the molecule is Cc1c(C(=O)Nc2ccccc2)sc(NC(=O)CSc2cccc(NC(=O)c3ccc(Cl)cc3Cl)c2)c1C#N. The van der Waals surface area contributed by atoms with Gasteiger partial charge in [0.25, 0.3) is 11.8 Å². The highest BCUT2D eigenvalue weighted by atomic mass is 35.5. The zero-order valence-corrected chi connectivity index (χ0v) is 23.5. The lowest BCUT2D eigenvalue weighted by atomic mass is 10.1. The molecule has 3 amide bonds. The maximum absolute atomic E-state index is 12.8. The fourth-order valence-electron chi connectivity index (χ4n) is 3.51. The Hall–Kier alpha value is -3.81. The minimum atomic E-state index is -0.388. The molecule has 39 heavy (non-hydrogen) atoms. The average Bonchev–Trinajstić information content (AvgIpc) is 3.22. The van der Waals surface area contributed by atoms with Crippen molar-refractivity contribution in [3.8, 4) is 6.07 Å². The fraction of sp³-hybridized carbons (Fsp3) is 0.0714. The van der Waals surface area contributed by atoms with Gasteiger partial charge in [-0.25, -0.2) is 0 Å². The highest BCUT2D eigenvalue weighted by Crippen LogP contribution is 2.33. The first-order chi connectivity index (χ1) is 18.7. The van der Waals surface area contributed by atoms with Gasteiger partial charge in [-0.15, -0.1) is 23.1 Å². The van der Waals surface area contributed by atoms with Crippen LogP contribution in [0.25, 0.3) is 0 Å².